The fourth-order valence-electron chi connectivity index (χ4n) is 14.1. The summed E-state index contributed by atoms with van der Waals surface area (Å²) in [6, 6.07) is 56.9. The molecule has 70 heavy (non-hydrogen) atoms. The molecule has 346 valence electrons. The van der Waals surface area contributed by atoms with Crippen LogP contribution in [-0.4, -0.2) is 6.71 Å². The quantitative estimate of drug-likeness (QED) is 0.162. The first kappa shape index (κ1) is 43.6. The predicted molar refractivity (Wildman–Crippen MR) is 304 cm³/mol. The van der Waals surface area contributed by atoms with Crippen LogP contribution in [0.15, 0.2) is 146 Å². The Labute approximate surface area is 420 Å². The van der Waals surface area contributed by atoms with E-state index in [0.717, 1.165) is 6.42 Å². The summed E-state index contributed by atoms with van der Waals surface area (Å²) in [6.45, 7) is 26.8. The molecule has 1 aromatic heterocycles. The van der Waals surface area contributed by atoms with Crippen LogP contribution in [0.5, 0.6) is 0 Å². The zero-order valence-electron chi connectivity index (χ0n) is 42.9. The zero-order chi connectivity index (χ0) is 48.4. The highest BCUT2D eigenvalue weighted by Crippen LogP contribution is 2.56. The van der Waals surface area contributed by atoms with Crippen molar-refractivity contribution in [2.75, 3.05) is 9.80 Å². The molecule has 9 aromatic rings. The van der Waals surface area contributed by atoms with Gasteiger partial charge in [-0.2, -0.15) is 0 Å². The summed E-state index contributed by atoms with van der Waals surface area (Å²) in [7, 11) is 0. The molecule has 0 N–H and O–H groups in total. The van der Waals surface area contributed by atoms with Gasteiger partial charge in [-0.3, -0.25) is 0 Å². The molecule has 4 aliphatic rings. The van der Waals surface area contributed by atoms with E-state index >= 15 is 0 Å². The third-order valence-corrected chi connectivity index (χ3v) is 18.6. The minimum absolute atomic E-state index is 0.0143. The highest BCUT2D eigenvalue weighted by Gasteiger charge is 2.49. The van der Waals surface area contributed by atoms with Gasteiger partial charge >= 0.3 is 0 Å². The maximum absolute atomic E-state index is 2.75. The fraction of sp³-hybridized carbons (Fsp3) is 0.273. The maximum Gasteiger partial charge on any atom is 0.252 e. The molecule has 8 aromatic carbocycles. The Kier molecular flexibility index (Phi) is 9.26. The van der Waals surface area contributed by atoms with Crippen LogP contribution in [-0.2, 0) is 21.7 Å². The molecular formula is C66H63BN2S. The van der Waals surface area contributed by atoms with Crippen molar-refractivity contribution < 1.29 is 0 Å². The van der Waals surface area contributed by atoms with E-state index in [9.17, 15) is 0 Å². The van der Waals surface area contributed by atoms with Crippen molar-refractivity contribution in [1.82, 2.24) is 0 Å². The Bertz CT molecular complexity index is 3680. The molecule has 13 rings (SSSR count). The first-order valence-electron chi connectivity index (χ1n) is 25.7. The third-order valence-electron chi connectivity index (χ3n) is 17.5. The van der Waals surface area contributed by atoms with Crippen molar-refractivity contribution in [3.8, 4) is 22.3 Å². The number of thiophene rings is 1. The average Bonchev–Trinajstić information content (AvgIpc) is 3.78. The Morgan fingerprint density at radius 3 is 1.69 bits per heavy atom. The lowest BCUT2D eigenvalue weighted by Gasteiger charge is -2.47. The first-order chi connectivity index (χ1) is 33.4. The van der Waals surface area contributed by atoms with Gasteiger partial charge in [0.1, 0.15) is 0 Å². The molecule has 0 spiro atoms. The van der Waals surface area contributed by atoms with E-state index in [1.54, 1.807) is 0 Å². The lowest BCUT2D eigenvalue weighted by Crippen LogP contribution is -2.61. The second kappa shape index (κ2) is 14.8. The predicted octanol–water partition coefficient (Wildman–Crippen LogP) is 16.7. The first-order valence-corrected chi connectivity index (χ1v) is 26.5. The highest BCUT2D eigenvalue weighted by atomic mass is 32.1. The molecule has 2 aliphatic heterocycles. The molecule has 4 heteroatoms. The van der Waals surface area contributed by atoms with Crippen LogP contribution in [0.4, 0.5) is 34.1 Å². The molecular weight excluding hydrogens is 864 g/mol. The molecule has 0 saturated carbocycles. The van der Waals surface area contributed by atoms with E-state index < -0.39 is 0 Å². The van der Waals surface area contributed by atoms with E-state index in [-0.39, 0.29) is 28.4 Å². The second-order valence-corrected chi connectivity index (χ2v) is 25.1. The monoisotopic (exact) mass is 926 g/mol. The third kappa shape index (κ3) is 6.24. The van der Waals surface area contributed by atoms with Crippen molar-refractivity contribution >= 4 is 88.7 Å². The molecule has 0 bridgehead atoms. The lowest BCUT2D eigenvalue weighted by molar-refractivity contribution is 0.332. The number of nitrogens with zero attached hydrogens (tertiary/aromatic N) is 2. The standard InChI is InChI=1S/C66H63BN2S/c1-39-20-19-21-40(2)61(39)43-31-57-62-58(32-43)69(54-35-49-47(30-41(54)3)63(4,5)28-29-64(49,6)7)55-36-50-48(65(8,9)38-66(50,10)11)34-52(55)67(62)51-33-46-45-25-16-18-27-59(45)70-60(46)37-56(51)68(57)53-26-17-15-24-44(53)42-22-13-12-14-23-42/h12-27,30-37H,28-29,38H2,1-11H3. The van der Waals surface area contributed by atoms with Gasteiger partial charge in [0, 0.05) is 48.8 Å². The van der Waals surface area contributed by atoms with E-state index in [2.05, 4.69) is 232 Å². The molecule has 0 unspecified atom stereocenters. The van der Waals surface area contributed by atoms with Gasteiger partial charge in [-0.15, -0.1) is 11.3 Å². The van der Waals surface area contributed by atoms with Crippen LogP contribution in [0.2, 0.25) is 0 Å². The van der Waals surface area contributed by atoms with Gasteiger partial charge in [0.25, 0.3) is 6.71 Å². The normalized spacial score (nSPS) is 17.6. The summed E-state index contributed by atoms with van der Waals surface area (Å²) in [6.07, 6.45) is 3.47. The highest BCUT2D eigenvalue weighted by molar-refractivity contribution is 7.26. The Balaban J connectivity index is 1.22. The van der Waals surface area contributed by atoms with Crippen LogP contribution in [0.25, 0.3) is 42.4 Å². The van der Waals surface area contributed by atoms with Crippen LogP contribution in [0.1, 0.15) is 114 Å². The van der Waals surface area contributed by atoms with Gasteiger partial charge in [-0.1, -0.05) is 159 Å². The van der Waals surface area contributed by atoms with Gasteiger partial charge in [0.2, 0.25) is 0 Å². The van der Waals surface area contributed by atoms with Crippen molar-refractivity contribution in [3.63, 3.8) is 0 Å². The molecule has 2 aliphatic carbocycles. The van der Waals surface area contributed by atoms with E-state index in [0.29, 0.717) is 0 Å². The van der Waals surface area contributed by atoms with Crippen LogP contribution in [0.3, 0.4) is 0 Å². The fourth-order valence-corrected chi connectivity index (χ4v) is 15.2. The number of anilines is 6. The topological polar surface area (TPSA) is 6.48 Å². The number of hydrogen-bond donors (Lipinski definition) is 0. The molecule has 3 heterocycles. The lowest BCUT2D eigenvalue weighted by atomic mass is 9.33. The summed E-state index contributed by atoms with van der Waals surface area (Å²) in [5.74, 6) is 0. The number of hydrogen-bond acceptors (Lipinski definition) is 3. The summed E-state index contributed by atoms with van der Waals surface area (Å²) in [4.78, 5) is 5.42. The summed E-state index contributed by atoms with van der Waals surface area (Å²) in [5, 5.41) is 2.68. The maximum atomic E-state index is 2.75. The number of aryl methyl sites for hydroxylation is 3. The summed E-state index contributed by atoms with van der Waals surface area (Å²) in [5.41, 5.74) is 26.9. The smallest absolute Gasteiger partial charge is 0.252 e. The van der Waals surface area contributed by atoms with Crippen LogP contribution >= 0.6 is 11.3 Å². The number of benzene rings is 8. The molecule has 0 amide bonds. The SMILES string of the molecule is Cc1cc2c(cc1N1c3cc4c(cc3B3c5cc6c(cc5N(c5ccccc5-c5ccccc5)c5cc(-c7c(C)cccc7C)cc1c53)sc1ccccc16)C(C)(C)CC4(C)C)C(C)(C)CCC2(C)C. The number of fused-ring (bicyclic) bond motifs is 9. The number of para-hydroxylation sites is 1. The minimum atomic E-state index is -0.0143. The second-order valence-electron chi connectivity index (χ2n) is 24.0. The van der Waals surface area contributed by atoms with Gasteiger partial charge in [0.15, 0.2) is 0 Å². The van der Waals surface area contributed by atoms with Crippen molar-refractivity contribution in [1.29, 1.82) is 0 Å². The molecule has 0 atom stereocenters. The summed E-state index contributed by atoms with van der Waals surface area (Å²) >= 11 is 1.92. The van der Waals surface area contributed by atoms with Crippen LogP contribution in [0, 0.1) is 20.8 Å². The Morgan fingerprint density at radius 1 is 0.414 bits per heavy atom. The van der Waals surface area contributed by atoms with E-state index in [1.807, 2.05) is 11.3 Å². The number of rotatable bonds is 4. The van der Waals surface area contributed by atoms with E-state index in [1.165, 1.54) is 145 Å². The van der Waals surface area contributed by atoms with Crippen molar-refractivity contribution in [2.24, 2.45) is 0 Å². The Hall–Kier alpha value is -6.36. The molecule has 0 fully saturated rings. The molecule has 2 nitrogen and oxygen atoms in total. The zero-order valence-corrected chi connectivity index (χ0v) is 43.7. The van der Waals surface area contributed by atoms with Gasteiger partial charge < -0.3 is 9.80 Å². The van der Waals surface area contributed by atoms with Gasteiger partial charge in [-0.05, 0) is 182 Å². The minimum Gasteiger partial charge on any atom is -0.311 e. The van der Waals surface area contributed by atoms with Crippen molar-refractivity contribution in [2.45, 2.75) is 117 Å². The Morgan fingerprint density at radius 2 is 0.971 bits per heavy atom. The van der Waals surface area contributed by atoms with Gasteiger partial charge in [0.05, 0.1) is 5.69 Å². The molecule has 0 radical (unpaired) electrons. The average molecular weight is 927 g/mol. The molecule has 0 saturated heterocycles. The van der Waals surface area contributed by atoms with E-state index in [4.69, 9.17) is 0 Å². The van der Waals surface area contributed by atoms with Gasteiger partial charge in [-0.25, -0.2) is 0 Å². The summed E-state index contributed by atoms with van der Waals surface area (Å²) < 4.78 is 2.65. The largest absolute Gasteiger partial charge is 0.311 e. The van der Waals surface area contributed by atoms with Crippen LogP contribution < -0.4 is 26.2 Å². The van der Waals surface area contributed by atoms with Crippen molar-refractivity contribution in [3.05, 3.63) is 185 Å².